The van der Waals surface area contributed by atoms with Gasteiger partial charge in [-0.05, 0) is 36.2 Å². The van der Waals surface area contributed by atoms with Gasteiger partial charge in [-0.3, -0.25) is 9.56 Å². The van der Waals surface area contributed by atoms with Gasteiger partial charge in [0.2, 0.25) is 0 Å². The summed E-state index contributed by atoms with van der Waals surface area (Å²) in [5, 5.41) is 4.08. The number of aliphatic imine (C=N–C) groups is 1. The summed E-state index contributed by atoms with van der Waals surface area (Å²) in [6.45, 7) is 4.46. The van der Waals surface area contributed by atoms with E-state index < -0.39 is 0 Å². The molecule has 0 N–H and O–H groups in total. The Balaban J connectivity index is 1.68. The number of benzene rings is 2. The van der Waals surface area contributed by atoms with Crippen molar-refractivity contribution < 1.29 is 8.91 Å². The van der Waals surface area contributed by atoms with E-state index in [1.165, 1.54) is 6.07 Å². The molecular formula is C25H20FN5O. The number of hydrogen-bond donors (Lipinski definition) is 0. The van der Waals surface area contributed by atoms with Gasteiger partial charge in [0.1, 0.15) is 12.1 Å². The van der Waals surface area contributed by atoms with Gasteiger partial charge in [0.05, 0.1) is 23.6 Å². The highest BCUT2D eigenvalue weighted by atomic mass is 19.1. The first-order chi connectivity index (χ1) is 15.5. The molecule has 2 aromatic heterocycles. The summed E-state index contributed by atoms with van der Waals surface area (Å²) in [5.74, 6) is 3.70. The van der Waals surface area contributed by atoms with E-state index in [1.807, 2.05) is 22.8 Å². The van der Waals surface area contributed by atoms with Crippen molar-refractivity contribution in [3.05, 3.63) is 82.8 Å². The Bertz CT molecular complexity index is 1390. The number of hydrogen-bond acceptors (Lipinski definition) is 5. The number of rotatable bonds is 4. The van der Waals surface area contributed by atoms with Gasteiger partial charge in [-0.2, -0.15) is 4.98 Å². The Hall–Kier alpha value is -4.05. The van der Waals surface area contributed by atoms with Gasteiger partial charge in [-0.1, -0.05) is 37.1 Å². The minimum absolute atomic E-state index is 0.265. The van der Waals surface area contributed by atoms with Crippen LogP contribution < -0.4 is 0 Å². The first-order valence-corrected chi connectivity index (χ1v) is 10.3. The number of fused-ring (bicyclic) bond motifs is 3. The third kappa shape index (κ3) is 3.40. The molecule has 2 aromatic carbocycles. The monoisotopic (exact) mass is 425 g/mol. The lowest BCUT2D eigenvalue weighted by atomic mass is 9.98. The molecule has 7 heteroatoms. The third-order valence-electron chi connectivity index (χ3n) is 5.32. The standard InChI is InChI=1S/C25H20FN5O/c1-4-16-9-10-20-18(12-16)23(17-7-5-6-8-19(17)26)27-13-21-24(28-14-31(20)21)25-29-22(30-32-25)11-15(2)3/h1,5-10,12,14-15H,11,13H2,2-3H3. The zero-order valence-electron chi connectivity index (χ0n) is 17.7. The Labute approximate surface area is 184 Å². The highest BCUT2D eigenvalue weighted by Crippen LogP contribution is 2.31. The smallest absolute Gasteiger partial charge is 0.278 e. The predicted octanol–water partition coefficient (Wildman–Crippen LogP) is 4.59. The number of aromatic nitrogens is 4. The largest absolute Gasteiger partial charge is 0.332 e. The van der Waals surface area contributed by atoms with Crippen molar-refractivity contribution in [3.63, 3.8) is 0 Å². The van der Waals surface area contributed by atoms with Crippen molar-refractivity contribution in [2.45, 2.75) is 26.8 Å². The summed E-state index contributed by atoms with van der Waals surface area (Å²) in [5.41, 5.74) is 4.53. The van der Waals surface area contributed by atoms with Crippen LogP contribution in [0.5, 0.6) is 0 Å². The maximum absolute atomic E-state index is 14.7. The third-order valence-corrected chi connectivity index (χ3v) is 5.32. The number of terminal acetylenes is 1. The molecule has 0 radical (unpaired) electrons. The van der Waals surface area contributed by atoms with Crippen LogP contribution in [0.15, 0.2) is 58.3 Å². The lowest BCUT2D eigenvalue weighted by Gasteiger charge is -2.12. The second-order valence-corrected chi connectivity index (χ2v) is 8.04. The topological polar surface area (TPSA) is 69.1 Å². The van der Waals surface area contributed by atoms with Crippen LogP contribution in [0.4, 0.5) is 4.39 Å². The molecule has 6 nitrogen and oxygen atoms in total. The molecule has 5 rings (SSSR count). The molecule has 0 amide bonds. The summed E-state index contributed by atoms with van der Waals surface area (Å²) in [4.78, 5) is 13.8. The van der Waals surface area contributed by atoms with Crippen LogP contribution in [-0.2, 0) is 13.0 Å². The minimum atomic E-state index is -0.344. The molecule has 1 aliphatic rings. The van der Waals surface area contributed by atoms with Gasteiger partial charge in [0.25, 0.3) is 5.89 Å². The summed E-state index contributed by atoms with van der Waals surface area (Å²) < 4.78 is 22.1. The van der Waals surface area contributed by atoms with E-state index in [0.29, 0.717) is 46.6 Å². The van der Waals surface area contributed by atoms with Gasteiger partial charge in [-0.15, -0.1) is 6.42 Å². The summed E-state index contributed by atoms with van der Waals surface area (Å²) in [7, 11) is 0. The number of nitrogens with zero attached hydrogens (tertiary/aromatic N) is 5. The summed E-state index contributed by atoms with van der Waals surface area (Å²) in [6, 6.07) is 12.2. The van der Waals surface area contributed by atoms with Crippen LogP contribution in [0.2, 0.25) is 0 Å². The fourth-order valence-corrected chi connectivity index (χ4v) is 3.86. The maximum Gasteiger partial charge on any atom is 0.278 e. The Morgan fingerprint density at radius 1 is 1.19 bits per heavy atom. The van der Waals surface area contributed by atoms with Crippen LogP contribution >= 0.6 is 0 Å². The molecule has 0 fully saturated rings. The maximum atomic E-state index is 14.7. The van der Waals surface area contributed by atoms with Gasteiger partial charge in [0, 0.05) is 23.1 Å². The lowest BCUT2D eigenvalue weighted by Crippen LogP contribution is -2.09. The van der Waals surface area contributed by atoms with E-state index in [9.17, 15) is 4.39 Å². The molecule has 0 atom stereocenters. The van der Waals surface area contributed by atoms with Gasteiger partial charge < -0.3 is 4.52 Å². The molecule has 1 aliphatic heterocycles. The molecule has 0 bridgehead atoms. The zero-order chi connectivity index (χ0) is 22.2. The zero-order valence-corrected chi connectivity index (χ0v) is 17.7. The lowest BCUT2D eigenvalue weighted by molar-refractivity contribution is 0.416. The first kappa shape index (κ1) is 19.9. The van der Waals surface area contributed by atoms with Crippen LogP contribution in [-0.4, -0.2) is 25.4 Å². The SMILES string of the molecule is C#Cc1ccc2c(c1)C(c1ccccc1F)=NCc1c(-c3nc(CC(C)C)no3)ncn1-2. The number of halogens is 1. The molecule has 0 saturated carbocycles. The van der Waals surface area contributed by atoms with Gasteiger partial charge >= 0.3 is 0 Å². The van der Waals surface area contributed by atoms with Crippen molar-refractivity contribution in [2.75, 3.05) is 0 Å². The minimum Gasteiger partial charge on any atom is -0.332 e. The van der Waals surface area contributed by atoms with E-state index in [4.69, 9.17) is 15.9 Å². The molecule has 32 heavy (non-hydrogen) atoms. The van der Waals surface area contributed by atoms with E-state index in [-0.39, 0.29) is 12.4 Å². The molecule has 0 unspecified atom stereocenters. The molecule has 4 aromatic rings. The Morgan fingerprint density at radius 3 is 2.81 bits per heavy atom. The highest BCUT2D eigenvalue weighted by Gasteiger charge is 2.26. The van der Waals surface area contributed by atoms with E-state index in [1.54, 1.807) is 24.5 Å². The van der Waals surface area contributed by atoms with Crippen LogP contribution in [0.25, 0.3) is 17.3 Å². The van der Waals surface area contributed by atoms with Crippen molar-refractivity contribution in [3.8, 4) is 29.6 Å². The summed E-state index contributed by atoms with van der Waals surface area (Å²) in [6.07, 6.45) is 8.05. The van der Waals surface area contributed by atoms with Gasteiger partial charge in [0.15, 0.2) is 11.5 Å². The number of imidazole rings is 1. The highest BCUT2D eigenvalue weighted by molar-refractivity contribution is 6.15. The van der Waals surface area contributed by atoms with E-state index in [0.717, 1.165) is 16.9 Å². The Morgan fingerprint density at radius 2 is 2.03 bits per heavy atom. The predicted molar refractivity (Wildman–Crippen MR) is 119 cm³/mol. The quantitative estimate of drug-likeness (QED) is 0.449. The normalized spacial score (nSPS) is 12.7. The van der Waals surface area contributed by atoms with E-state index in [2.05, 4.69) is 34.9 Å². The van der Waals surface area contributed by atoms with E-state index >= 15 is 0 Å². The molecule has 3 heterocycles. The fraction of sp³-hybridized carbons (Fsp3) is 0.200. The molecule has 158 valence electrons. The van der Waals surface area contributed by atoms with Gasteiger partial charge in [-0.25, -0.2) is 9.37 Å². The second kappa shape index (κ2) is 7.89. The average molecular weight is 425 g/mol. The molecular weight excluding hydrogens is 405 g/mol. The van der Waals surface area contributed by atoms with Crippen LogP contribution in [0.3, 0.4) is 0 Å². The van der Waals surface area contributed by atoms with Crippen LogP contribution in [0.1, 0.15) is 42.1 Å². The molecule has 0 spiro atoms. The fourth-order valence-electron chi connectivity index (χ4n) is 3.86. The molecule has 0 aliphatic carbocycles. The average Bonchev–Trinajstić information content (AvgIpc) is 3.37. The second-order valence-electron chi connectivity index (χ2n) is 8.04. The van der Waals surface area contributed by atoms with Crippen molar-refractivity contribution in [1.29, 1.82) is 0 Å². The van der Waals surface area contributed by atoms with Crippen molar-refractivity contribution in [2.24, 2.45) is 10.9 Å². The molecule has 0 saturated heterocycles. The van der Waals surface area contributed by atoms with Crippen molar-refractivity contribution in [1.82, 2.24) is 19.7 Å². The van der Waals surface area contributed by atoms with Crippen molar-refractivity contribution >= 4 is 5.71 Å². The summed E-state index contributed by atoms with van der Waals surface area (Å²) >= 11 is 0. The van der Waals surface area contributed by atoms with Crippen LogP contribution in [0, 0.1) is 24.1 Å². The first-order valence-electron chi connectivity index (χ1n) is 10.3. The Kier molecular flexibility index (Phi) is 4.91.